The number of rotatable bonds is 7. The van der Waals surface area contributed by atoms with Gasteiger partial charge in [0.05, 0.1) is 18.3 Å². The maximum Gasteiger partial charge on any atom is 0.393 e. The Hall–Kier alpha value is -3.10. The Morgan fingerprint density at radius 2 is 2.07 bits per heavy atom. The van der Waals surface area contributed by atoms with E-state index in [4.69, 9.17) is 5.73 Å². The zero-order valence-electron chi connectivity index (χ0n) is 14.4. The molecule has 142 valence electrons. The highest BCUT2D eigenvalue weighted by Crippen LogP contribution is 2.26. The van der Waals surface area contributed by atoms with Gasteiger partial charge in [-0.2, -0.15) is 18.3 Å². The molecule has 1 aromatic carbocycles. The standard InChI is InChI=1S/C18H18F3N5O/c19-18(20,21)10-13-3-1-4-14(9-13)17-23-6-8-26(17)15-11-24-25(12-15)7-2-5-16(22)27/h1,3-4,6,8-9,11-12H,2,5,7,10H2,(H2,22,27). The Morgan fingerprint density at radius 1 is 1.26 bits per heavy atom. The van der Waals surface area contributed by atoms with Crippen molar-refractivity contribution in [1.82, 2.24) is 19.3 Å². The minimum absolute atomic E-state index is 0.177. The molecule has 0 saturated heterocycles. The monoisotopic (exact) mass is 377 g/mol. The number of aromatic nitrogens is 4. The summed E-state index contributed by atoms with van der Waals surface area (Å²) in [5.74, 6) is 0.161. The molecule has 0 unspecified atom stereocenters. The van der Waals surface area contributed by atoms with Crippen LogP contribution < -0.4 is 5.73 Å². The molecule has 3 rings (SSSR count). The molecule has 0 spiro atoms. The first-order valence-electron chi connectivity index (χ1n) is 8.32. The summed E-state index contributed by atoms with van der Waals surface area (Å²) in [5, 5.41) is 4.24. The lowest BCUT2D eigenvalue weighted by Crippen LogP contribution is -2.11. The van der Waals surface area contributed by atoms with E-state index in [2.05, 4.69) is 10.1 Å². The molecule has 0 aliphatic rings. The third-order valence-electron chi connectivity index (χ3n) is 3.94. The van der Waals surface area contributed by atoms with Gasteiger partial charge in [-0.05, 0) is 18.1 Å². The van der Waals surface area contributed by atoms with Gasteiger partial charge in [-0.25, -0.2) is 4.98 Å². The Kier molecular flexibility index (Phi) is 5.29. The van der Waals surface area contributed by atoms with Crippen LogP contribution in [0, 0.1) is 0 Å². The van der Waals surface area contributed by atoms with E-state index in [-0.39, 0.29) is 17.9 Å². The molecule has 1 amide bonds. The van der Waals surface area contributed by atoms with Crippen molar-refractivity contribution in [1.29, 1.82) is 0 Å². The topological polar surface area (TPSA) is 78.7 Å². The third kappa shape index (κ3) is 4.96. The van der Waals surface area contributed by atoms with E-state index >= 15 is 0 Å². The molecule has 2 N–H and O–H groups in total. The minimum Gasteiger partial charge on any atom is -0.370 e. The summed E-state index contributed by atoms with van der Waals surface area (Å²) in [5.41, 5.74) is 6.61. The van der Waals surface area contributed by atoms with E-state index in [9.17, 15) is 18.0 Å². The van der Waals surface area contributed by atoms with E-state index in [1.165, 1.54) is 12.1 Å². The summed E-state index contributed by atoms with van der Waals surface area (Å²) < 4.78 is 41.4. The molecule has 0 atom stereocenters. The van der Waals surface area contributed by atoms with Gasteiger partial charge < -0.3 is 5.73 Å². The summed E-state index contributed by atoms with van der Waals surface area (Å²) >= 11 is 0. The van der Waals surface area contributed by atoms with E-state index < -0.39 is 12.6 Å². The van der Waals surface area contributed by atoms with Gasteiger partial charge in [0.2, 0.25) is 5.91 Å². The molecule has 0 bridgehead atoms. The second kappa shape index (κ2) is 7.65. The number of halogens is 3. The number of imidazole rings is 1. The fraction of sp³-hybridized carbons (Fsp3) is 0.278. The molecule has 0 saturated carbocycles. The van der Waals surface area contributed by atoms with Gasteiger partial charge in [-0.3, -0.25) is 14.0 Å². The van der Waals surface area contributed by atoms with Crippen LogP contribution in [0.1, 0.15) is 18.4 Å². The number of benzene rings is 1. The fourth-order valence-corrected chi connectivity index (χ4v) is 2.79. The first-order chi connectivity index (χ1) is 12.8. The van der Waals surface area contributed by atoms with Crippen LogP contribution in [0.4, 0.5) is 13.2 Å². The zero-order valence-corrected chi connectivity index (χ0v) is 14.4. The van der Waals surface area contributed by atoms with Crippen LogP contribution in [-0.2, 0) is 17.8 Å². The van der Waals surface area contributed by atoms with Crippen LogP contribution in [0.5, 0.6) is 0 Å². The number of nitrogens with two attached hydrogens (primary N) is 1. The lowest BCUT2D eigenvalue weighted by atomic mass is 10.1. The Labute approximate surface area is 153 Å². The lowest BCUT2D eigenvalue weighted by Gasteiger charge is -2.09. The van der Waals surface area contributed by atoms with Crippen LogP contribution >= 0.6 is 0 Å². The van der Waals surface area contributed by atoms with E-state index in [0.717, 1.165) is 5.69 Å². The van der Waals surface area contributed by atoms with Crippen LogP contribution in [0.25, 0.3) is 17.1 Å². The van der Waals surface area contributed by atoms with Crippen LogP contribution in [0.15, 0.2) is 49.1 Å². The van der Waals surface area contributed by atoms with Crippen molar-refractivity contribution in [3.63, 3.8) is 0 Å². The molecule has 2 aromatic heterocycles. The molecule has 0 aliphatic carbocycles. The Bertz CT molecular complexity index is 929. The fourth-order valence-electron chi connectivity index (χ4n) is 2.79. The van der Waals surface area contributed by atoms with Gasteiger partial charge >= 0.3 is 6.18 Å². The van der Waals surface area contributed by atoms with Crippen molar-refractivity contribution >= 4 is 5.91 Å². The number of carbonyl (C=O) groups excluding carboxylic acids is 1. The van der Waals surface area contributed by atoms with Gasteiger partial charge in [0.25, 0.3) is 0 Å². The van der Waals surface area contributed by atoms with Gasteiger partial charge in [-0.15, -0.1) is 0 Å². The molecule has 2 heterocycles. The SMILES string of the molecule is NC(=O)CCCn1cc(-n2ccnc2-c2cccc(CC(F)(F)F)c2)cn1. The highest BCUT2D eigenvalue weighted by atomic mass is 19.4. The Balaban J connectivity index is 1.82. The van der Waals surface area contributed by atoms with Gasteiger partial charge in [0, 0.05) is 37.1 Å². The van der Waals surface area contributed by atoms with E-state index in [0.29, 0.717) is 24.4 Å². The number of nitrogens with zero attached hydrogens (tertiary/aromatic N) is 4. The van der Waals surface area contributed by atoms with Crippen molar-refractivity contribution < 1.29 is 18.0 Å². The molecular formula is C18H18F3N5O. The number of amides is 1. The number of primary amides is 1. The first kappa shape index (κ1) is 18.7. The first-order valence-corrected chi connectivity index (χ1v) is 8.32. The van der Waals surface area contributed by atoms with Crippen molar-refractivity contribution in [2.75, 3.05) is 0 Å². The predicted octanol–water partition coefficient (Wildman–Crippen LogP) is 3.11. The average Bonchev–Trinajstić information content (AvgIpc) is 3.21. The van der Waals surface area contributed by atoms with Gasteiger partial charge in [0.1, 0.15) is 5.82 Å². The second-order valence-corrected chi connectivity index (χ2v) is 6.14. The van der Waals surface area contributed by atoms with Gasteiger partial charge in [-0.1, -0.05) is 18.2 Å². The molecule has 3 aromatic rings. The van der Waals surface area contributed by atoms with Crippen LogP contribution in [0.3, 0.4) is 0 Å². The third-order valence-corrected chi connectivity index (χ3v) is 3.94. The molecule has 0 fully saturated rings. The second-order valence-electron chi connectivity index (χ2n) is 6.14. The number of hydrogen-bond acceptors (Lipinski definition) is 3. The zero-order chi connectivity index (χ0) is 19.4. The normalized spacial score (nSPS) is 11.7. The molecule has 0 radical (unpaired) electrons. The van der Waals surface area contributed by atoms with Crippen molar-refractivity contribution in [3.8, 4) is 17.1 Å². The smallest absolute Gasteiger partial charge is 0.370 e. The number of hydrogen-bond donors (Lipinski definition) is 1. The summed E-state index contributed by atoms with van der Waals surface area (Å²) in [6.45, 7) is 0.536. The van der Waals surface area contributed by atoms with E-state index in [1.54, 1.807) is 46.2 Å². The number of aryl methyl sites for hydroxylation is 1. The van der Waals surface area contributed by atoms with Gasteiger partial charge in [0.15, 0.2) is 0 Å². The predicted molar refractivity (Wildman–Crippen MR) is 93.0 cm³/mol. The van der Waals surface area contributed by atoms with Crippen molar-refractivity contribution in [2.24, 2.45) is 5.73 Å². The van der Waals surface area contributed by atoms with Crippen LogP contribution in [-0.4, -0.2) is 31.4 Å². The summed E-state index contributed by atoms with van der Waals surface area (Å²) in [6, 6.07) is 6.24. The minimum atomic E-state index is -4.26. The molecule has 27 heavy (non-hydrogen) atoms. The quantitative estimate of drug-likeness (QED) is 0.687. The van der Waals surface area contributed by atoms with Crippen LogP contribution in [0.2, 0.25) is 0 Å². The maximum absolute atomic E-state index is 12.7. The summed E-state index contributed by atoms with van der Waals surface area (Å²) in [4.78, 5) is 15.1. The maximum atomic E-state index is 12.7. The highest BCUT2D eigenvalue weighted by molar-refractivity contribution is 5.73. The lowest BCUT2D eigenvalue weighted by molar-refractivity contribution is -0.127. The molecular weight excluding hydrogens is 359 g/mol. The van der Waals surface area contributed by atoms with E-state index in [1.807, 2.05) is 0 Å². The van der Waals surface area contributed by atoms with Crippen molar-refractivity contribution in [2.45, 2.75) is 32.0 Å². The largest absolute Gasteiger partial charge is 0.393 e. The van der Waals surface area contributed by atoms with Crippen molar-refractivity contribution in [3.05, 3.63) is 54.6 Å². The molecule has 0 aliphatic heterocycles. The highest BCUT2D eigenvalue weighted by Gasteiger charge is 2.27. The number of alkyl halides is 3. The summed E-state index contributed by atoms with van der Waals surface area (Å²) in [6.07, 6.45) is 2.32. The average molecular weight is 377 g/mol. The molecule has 6 nitrogen and oxygen atoms in total. The molecule has 9 heteroatoms. The summed E-state index contributed by atoms with van der Waals surface area (Å²) in [7, 11) is 0. The Morgan fingerprint density at radius 3 is 2.81 bits per heavy atom. The number of carbonyl (C=O) groups is 1.